The van der Waals surface area contributed by atoms with Crippen molar-refractivity contribution in [3.05, 3.63) is 71.9 Å². The van der Waals surface area contributed by atoms with Gasteiger partial charge in [0.05, 0.1) is 16.5 Å². The molecular formula is C22H16F3N5O2. The molecule has 0 amide bonds. The van der Waals surface area contributed by atoms with E-state index in [9.17, 15) is 23.4 Å². The fraction of sp³-hybridized carbons (Fsp3) is 0.0909. The van der Waals surface area contributed by atoms with Crippen molar-refractivity contribution in [1.82, 2.24) is 19.1 Å². The predicted octanol–water partition coefficient (Wildman–Crippen LogP) is 4.44. The standard InChI is InChI=1S/C22H16F3N5O2/c23-22(24,25)14-4-2-1-3-12(14)11-29-10-9-13-16(29)6-5-15-19(13)20(26)28-21(27-15)30-17(31)7-8-18(30)32/h1-10,31-32H,11H2,(H2,26,27,28). The number of hydrogen-bond acceptors (Lipinski definition) is 5. The van der Waals surface area contributed by atoms with Crippen LogP contribution in [0, 0.1) is 0 Å². The molecule has 7 nitrogen and oxygen atoms in total. The Morgan fingerprint density at radius 1 is 0.906 bits per heavy atom. The molecule has 2 aromatic carbocycles. The van der Waals surface area contributed by atoms with Gasteiger partial charge in [0.15, 0.2) is 0 Å². The van der Waals surface area contributed by atoms with Crippen LogP contribution in [0.25, 0.3) is 27.8 Å². The van der Waals surface area contributed by atoms with Gasteiger partial charge in [-0.2, -0.15) is 18.2 Å². The van der Waals surface area contributed by atoms with E-state index in [4.69, 9.17) is 5.73 Å². The molecule has 0 unspecified atom stereocenters. The first-order chi connectivity index (χ1) is 15.2. The number of nitrogens with zero attached hydrogens (tertiary/aromatic N) is 4. The fourth-order valence-corrected chi connectivity index (χ4v) is 3.90. The van der Waals surface area contributed by atoms with Gasteiger partial charge in [0, 0.05) is 35.8 Å². The van der Waals surface area contributed by atoms with Gasteiger partial charge < -0.3 is 20.5 Å². The minimum atomic E-state index is -4.45. The first-order valence-corrected chi connectivity index (χ1v) is 9.54. The van der Waals surface area contributed by atoms with Gasteiger partial charge in [-0.3, -0.25) is 0 Å². The van der Waals surface area contributed by atoms with Crippen molar-refractivity contribution in [3.8, 4) is 17.7 Å². The lowest BCUT2D eigenvalue weighted by Gasteiger charge is -2.14. The van der Waals surface area contributed by atoms with Crippen LogP contribution in [0.1, 0.15) is 11.1 Å². The van der Waals surface area contributed by atoms with Crippen molar-refractivity contribution in [2.75, 3.05) is 5.73 Å². The summed E-state index contributed by atoms with van der Waals surface area (Å²) >= 11 is 0. The molecule has 3 heterocycles. The van der Waals surface area contributed by atoms with Crippen LogP contribution < -0.4 is 5.73 Å². The van der Waals surface area contributed by atoms with Gasteiger partial charge in [-0.1, -0.05) is 18.2 Å². The van der Waals surface area contributed by atoms with Crippen molar-refractivity contribution in [3.63, 3.8) is 0 Å². The topological polar surface area (TPSA) is 102 Å². The second-order valence-electron chi connectivity index (χ2n) is 7.29. The molecule has 10 heteroatoms. The molecule has 5 aromatic rings. The molecule has 0 radical (unpaired) electrons. The Bertz CT molecular complexity index is 1470. The Labute approximate surface area is 178 Å². The zero-order valence-corrected chi connectivity index (χ0v) is 16.4. The van der Waals surface area contributed by atoms with E-state index < -0.39 is 11.7 Å². The van der Waals surface area contributed by atoms with Gasteiger partial charge in [-0.15, -0.1) is 0 Å². The molecule has 32 heavy (non-hydrogen) atoms. The minimum absolute atomic E-state index is 0.00659. The SMILES string of the molecule is Nc1nc(-n2c(O)ccc2O)nc2ccc3c(ccn3Cc3ccccc3C(F)(F)F)c12. The molecule has 0 saturated heterocycles. The summed E-state index contributed by atoms with van der Waals surface area (Å²) in [7, 11) is 0. The molecular weight excluding hydrogens is 423 g/mol. The highest BCUT2D eigenvalue weighted by atomic mass is 19.4. The maximum absolute atomic E-state index is 13.4. The third kappa shape index (κ3) is 3.08. The zero-order chi connectivity index (χ0) is 22.6. The second kappa shape index (κ2) is 6.91. The summed E-state index contributed by atoms with van der Waals surface area (Å²) < 4.78 is 42.9. The Morgan fingerprint density at radius 2 is 1.62 bits per heavy atom. The summed E-state index contributed by atoms with van der Waals surface area (Å²) in [5.41, 5.74) is 6.79. The van der Waals surface area contributed by atoms with Gasteiger partial charge in [-0.05, 0) is 29.8 Å². The van der Waals surface area contributed by atoms with E-state index in [1.807, 2.05) is 0 Å². The van der Waals surface area contributed by atoms with Crippen LogP contribution in [0.5, 0.6) is 11.8 Å². The first kappa shape index (κ1) is 19.7. The minimum Gasteiger partial charge on any atom is -0.494 e. The lowest BCUT2D eigenvalue weighted by molar-refractivity contribution is -0.138. The van der Waals surface area contributed by atoms with Crippen molar-refractivity contribution in [1.29, 1.82) is 0 Å². The largest absolute Gasteiger partial charge is 0.494 e. The quantitative estimate of drug-likeness (QED) is 0.386. The highest BCUT2D eigenvalue weighted by Crippen LogP contribution is 2.34. The van der Waals surface area contributed by atoms with Crippen LogP contribution in [0.2, 0.25) is 0 Å². The average Bonchev–Trinajstić information content (AvgIpc) is 3.30. The molecule has 0 aliphatic heterocycles. The van der Waals surface area contributed by atoms with Crippen molar-refractivity contribution >= 4 is 27.6 Å². The summed E-state index contributed by atoms with van der Waals surface area (Å²) in [5, 5.41) is 21.1. The first-order valence-electron chi connectivity index (χ1n) is 9.54. The van der Waals surface area contributed by atoms with E-state index in [0.717, 1.165) is 10.6 Å². The van der Waals surface area contributed by atoms with Crippen LogP contribution in [0.3, 0.4) is 0 Å². The molecule has 3 aromatic heterocycles. The molecule has 0 aliphatic rings. The van der Waals surface area contributed by atoms with Crippen LogP contribution >= 0.6 is 0 Å². The Hall–Kier alpha value is -4.21. The number of benzene rings is 2. The number of halogens is 3. The predicted molar refractivity (Wildman–Crippen MR) is 113 cm³/mol. The maximum atomic E-state index is 13.4. The smallest absolute Gasteiger partial charge is 0.416 e. The molecule has 0 spiro atoms. The summed E-state index contributed by atoms with van der Waals surface area (Å²) in [6, 6.07) is 13.2. The summed E-state index contributed by atoms with van der Waals surface area (Å²) in [4.78, 5) is 8.59. The number of alkyl halides is 3. The number of aromatic hydroxyl groups is 2. The van der Waals surface area contributed by atoms with Crippen molar-refractivity contribution < 1.29 is 23.4 Å². The number of aromatic nitrogens is 4. The number of nitrogens with two attached hydrogens (primary N) is 1. The van der Waals surface area contributed by atoms with E-state index in [2.05, 4.69) is 9.97 Å². The highest BCUT2D eigenvalue weighted by molar-refractivity contribution is 6.10. The Balaban J connectivity index is 1.63. The van der Waals surface area contributed by atoms with Gasteiger partial charge in [-0.25, -0.2) is 9.55 Å². The third-order valence-corrected chi connectivity index (χ3v) is 5.33. The van der Waals surface area contributed by atoms with Crippen LogP contribution in [0.4, 0.5) is 19.0 Å². The Morgan fingerprint density at radius 3 is 2.34 bits per heavy atom. The molecule has 0 aliphatic carbocycles. The molecule has 162 valence electrons. The van der Waals surface area contributed by atoms with Crippen LogP contribution in [-0.4, -0.2) is 29.3 Å². The van der Waals surface area contributed by atoms with Gasteiger partial charge >= 0.3 is 6.18 Å². The molecule has 0 saturated carbocycles. The van der Waals surface area contributed by atoms with Crippen LogP contribution in [-0.2, 0) is 12.7 Å². The van der Waals surface area contributed by atoms with Crippen molar-refractivity contribution in [2.45, 2.75) is 12.7 Å². The number of hydrogen-bond donors (Lipinski definition) is 3. The van der Waals surface area contributed by atoms with E-state index >= 15 is 0 Å². The Kier molecular flexibility index (Phi) is 4.26. The summed E-state index contributed by atoms with van der Waals surface area (Å²) in [6.45, 7) is 0.0225. The van der Waals surface area contributed by atoms with Gasteiger partial charge in [0.2, 0.25) is 17.7 Å². The maximum Gasteiger partial charge on any atom is 0.416 e. The summed E-state index contributed by atoms with van der Waals surface area (Å²) in [6.07, 6.45) is -2.76. The molecule has 0 bridgehead atoms. The molecule has 4 N–H and O–H groups in total. The number of anilines is 1. The third-order valence-electron chi connectivity index (χ3n) is 5.33. The highest BCUT2D eigenvalue weighted by Gasteiger charge is 2.33. The number of rotatable bonds is 3. The lowest BCUT2D eigenvalue weighted by Crippen LogP contribution is -2.11. The van der Waals surface area contributed by atoms with E-state index in [1.165, 1.54) is 24.3 Å². The number of nitrogen functional groups attached to an aromatic ring is 1. The molecule has 0 fully saturated rings. The van der Waals surface area contributed by atoms with Gasteiger partial charge in [0.1, 0.15) is 5.82 Å². The zero-order valence-electron chi connectivity index (χ0n) is 16.4. The monoisotopic (exact) mass is 439 g/mol. The molecule has 5 rings (SSSR count). The lowest BCUT2D eigenvalue weighted by atomic mass is 10.1. The van der Waals surface area contributed by atoms with E-state index in [0.29, 0.717) is 21.8 Å². The molecule has 0 atom stereocenters. The van der Waals surface area contributed by atoms with Gasteiger partial charge in [0.25, 0.3) is 0 Å². The fourth-order valence-electron chi connectivity index (χ4n) is 3.90. The van der Waals surface area contributed by atoms with Crippen LogP contribution in [0.15, 0.2) is 60.8 Å². The second-order valence-corrected chi connectivity index (χ2v) is 7.29. The summed E-state index contributed by atoms with van der Waals surface area (Å²) in [5.74, 6) is -0.405. The van der Waals surface area contributed by atoms with Crippen molar-refractivity contribution in [2.24, 2.45) is 0 Å². The average molecular weight is 439 g/mol. The van der Waals surface area contributed by atoms with E-state index in [-0.39, 0.29) is 35.6 Å². The van der Waals surface area contributed by atoms with E-state index in [1.54, 1.807) is 35.0 Å². The number of fused-ring (bicyclic) bond motifs is 3. The normalized spacial score (nSPS) is 12.1.